The summed E-state index contributed by atoms with van der Waals surface area (Å²) in [6, 6.07) is 4.45. The number of aliphatic imine (C=N–C) groups is 1. The van der Waals surface area contributed by atoms with Crippen LogP contribution in [0.15, 0.2) is 17.1 Å². The number of rotatable bonds is 3. The first kappa shape index (κ1) is 18.0. The molecule has 4 nitrogen and oxygen atoms in total. The van der Waals surface area contributed by atoms with Crippen LogP contribution >= 0.6 is 35.3 Å². The van der Waals surface area contributed by atoms with E-state index >= 15 is 0 Å². The second kappa shape index (κ2) is 7.97. The van der Waals surface area contributed by atoms with E-state index in [1.165, 1.54) is 22.6 Å². The van der Waals surface area contributed by atoms with Crippen molar-refractivity contribution >= 4 is 41.3 Å². The van der Waals surface area contributed by atoms with Crippen LogP contribution in [-0.2, 0) is 17.7 Å². The van der Waals surface area contributed by atoms with E-state index in [1.54, 1.807) is 0 Å². The molecule has 1 N–H and O–H groups in total. The molecular weight excluding hydrogens is 409 g/mol. The van der Waals surface area contributed by atoms with Gasteiger partial charge < -0.3 is 15.0 Å². The van der Waals surface area contributed by atoms with E-state index in [4.69, 9.17) is 4.74 Å². The molecule has 1 spiro atoms. The third-order valence-electron chi connectivity index (χ3n) is 4.62. The Morgan fingerprint density at radius 2 is 2.23 bits per heavy atom. The minimum absolute atomic E-state index is 0. The van der Waals surface area contributed by atoms with Crippen LogP contribution in [0.25, 0.3) is 0 Å². The molecule has 3 heterocycles. The quantitative estimate of drug-likeness (QED) is 0.451. The molecule has 3 rings (SSSR count). The fourth-order valence-electron chi connectivity index (χ4n) is 3.29. The first-order chi connectivity index (χ1) is 10.2. The molecule has 124 valence electrons. The number of aryl methyl sites for hydroxylation is 1. The Hall–Kier alpha value is -0.340. The average Bonchev–Trinajstić information content (AvgIpc) is 3.23. The summed E-state index contributed by atoms with van der Waals surface area (Å²) in [5.74, 6) is 1.03. The molecular formula is C16H26IN3OS. The third-order valence-corrected chi connectivity index (χ3v) is 5.85. The second-order valence-corrected chi connectivity index (χ2v) is 7.35. The Morgan fingerprint density at radius 3 is 2.86 bits per heavy atom. The highest BCUT2D eigenvalue weighted by Crippen LogP contribution is 2.38. The van der Waals surface area contributed by atoms with Crippen LogP contribution in [0.2, 0.25) is 0 Å². The summed E-state index contributed by atoms with van der Waals surface area (Å²) in [5.41, 5.74) is 0.385. The van der Waals surface area contributed by atoms with Gasteiger partial charge in [0.25, 0.3) is 0 Å². The van der Waals surface area contributed by atoms with Gasteiger partial charge in [0.2, 0.25) is 0 Å². The van der Waals surface area contributed by atoms with Crippen molar-refractivity contribution in [1.29, 1.82) is 0 Å². The Kier molecular flexibility index (Phi) is 6.52. The van der Waals surface area contributed by atoms with Gasteiger partial charge in [-0.15, -0.1) is 35.3 Å². The van der Waals surface area contributed by atoms with E-state index in [0.29, 0.717) is 5.41 Å². The third kappa shape index (κ3) is 3.94. The topological polar surface area (TPSA) is 36.9 Å². The average molecular weight is 435 g/mol. The molecule has 0 aromatic carbocycles. The molecule has 0 radical (unpaired) electrons. The van der Waals surface area contributed by atoms with E-state index in [2.05, 4.69) is 34.3 Å². The summed E-state index contributed by atoms with van der Waals surface area (Å²) < 4.78 is 5.60. The lowest BCUT2D eigenvalue weighted by Crippen LogP contribution is -2.41. The van der Waals surface area contributed by atoms with Gasteiger partial charge >= 0.3 is 0 Å². The van der Waals surface area contributed by atoms with E-state index in [9.17, 15) is 0 Å². The molecule has 1 aromatic heterocycles. The summed E-state index contributed by atoms with van der Waals surface area (Å²) in [4.78, 5) is 9.68. The van der Waals surface area contributed by atoms with Gasteiger partial charge in [0, 0.05) is 41.9 Å². The molecule has 6 heteroatoms. The summed E-state index contributed by atoms with van der Waals surface area (Å²) in [7, 11) is 1.88. The van der Waals surface area contributed by atoms with E-state index < -0.39 is 0 Å². The Balaban J connectivity index is 0.00000176. The van der Waals surface area contributed by atoms with Crippen molar-refractivity contribution in [3.8, 4) is 0 Å². The molecule has 0 saturated carbocycles. The first-order valence-corrected chi connectivity index (χ1v) is 8.67. The Bertz CT molecular complexity index is 511. The molecule has 0 amide bonds. The fraction of sp³-hybridized carbons (Fsp3) is 0.688. The maximum atomic E-state index is 5.60. The largest absolute Gasteiger partial charge is 0.381 e. The lowest BCUT2D eigenvalue weighted by molar-refractivity contribution is 0.156. The molecule has 1 atom stereocenters. The predicted octanol–water partition coefficient (Wildman–Crippen LogP) is 3.12. The highest BCUT2D eigenvalue weighted by Gasteiger charge is 2.42. The molecule has 2 fully saturated rings. The molecule has 2 aliphatic heterocycles. The van der Waals surface area contributed by atoms with Crippen molar-refractivity contribution in [3.05, 3.63) is 21.9 Å². The number of nitrogens with one attached hydrogen (secondary N) is 1. The maximum Gasteiger partial charge on any atom is 0.193 e. The van der Waals surface area contributed by atoms with E-state index in [1.807, 2.05) is 18.4 Å². The number of ether oxygens (including phenoxy) is 1. The fourth-order valence-corrected chi connectivity index (χ4v) is 4.19. The number of hydrogen-bond donors (Lipinski definition) is 1. The summed E-state index contributed by atoms with van der Waals surface area (Å²) >= 11 is 1.89. The molecule has 2 aliphatic rings. The Morgan fingerprint density at radius 1 is 1.41 bits per heavy atom. The van der Waals surface area contributed by atoms with Crippen molar-refractivity contribution in [2.24, 2.45) is 10.4 Å². The normalized spacial score (nSPS) is 24.8. The lowest BCUT2D eigenvalue weighted by atomic mass is 9.87. The van der Waals surface area contributed by atoms with Gasteiger partial charge in [-0.3, -0.25) is 4.99 Å². The van der Waals surface area contributed by atoms with Crippen molar-refractivity contribution in [2.75, 3.05) is 33.4 Å². The van der Waals surface area contributed by atoms with Crippen LogP contribution in [0.3, 0.4) is 0 Å². The number of nitrogens with zero attached hydrogens (tertiary/aromatic N) is 2. The van der Waals surface area contributed by atoms with Gasteiger partial charge in [-0.1, -0.05) is 6.92 Å². The first-order valence-electron chi connectivity index (χ1n) is 7.86. The van der Waals surface area contributed by atoms with Gasteiger partial charge in [0.15, 0.2) is 5.96 Å². The van der Waals surface area contributed by atoms with Gasteiger partial charge in [-0.25, -0.2) is 0 Å². The molecule has 1 aromatic rings. The zero-order chi connectivity index (χ0) is 14.7. The van der Waals surface area contributed by atoms with Crippen molar-refractivity contribution in [2.45, 2.75) is 32.7 Å². The van der Waals surface area contributed by atoms with Crippen molar-refractivity contribution in [3.63, 3.8) is 0 Å². The molecule has 22 heavy (non-hydrogen) atoms. The standard InChI is InChI=1S/C16H25N3OS.HI/c1-3-13-4-5-14(21-13)10-18-15(17-2)19-8-6-16(11-19)7-9-20-12-16;/h4-5H,3,6-12H2,1-2H3,(H,17,18);1H. The SMILES string of the molecule is CCc1ccc(CNC(=NC)N2CCC3(CCOC3)C2)s1.I. The minimum Gasteiger partial charge on any atom is -0.381 e. The monoisotopic (exact) mass is 435 g/mol. The van der Waals surface area contributed by atoms with Crippen LogP contribution in [0.5, 0.6) is 0 Å². The summed E-state index contributed by atoms with van der Waals surface area (Å²) in [6.07, 6.45) is 3.55. The van der Waals surface area contributed by atoms with Crippen molar-refractivity contribution in [1.82, 2.24) is 10.2 Å². The molecule has 0 bridgehead atoms. The lowest BCUT2D eigenvalue weighted by Gasteiger charge is -2.24. The zero-order valence-corrected chi connectivity index (χ0v) is 16.6. The van der Waals surface area contributed by atoms with Crippen LogP contribution in [0.1, 0.15) is 29.5 Å². The van der Waals surface area contributed by atoms with Crippen LogP contribution in [0, 0.1) is 5.41 Å². The van der Waals surface area contributed by atoms with Gasteiger partial charge in [-0.2, -0.15) is 0 Å². The highest BCUT2D eigenvalue weighted by molar-refractivity contribution is 14.0. The predicted molar refractivity (Wildman–Crippen MR) is 103 cm³/mol. The number of guanidine groups is 1. The van der Waals surface area contributed by atoms with E-state index in [-0.39, 0.29) is 24.0 Å². The summed E-state index contributed by atoms with van der Waals surface area (Å²) in [6.45, 7) is 7.10. The maximum absolute atomic E-state index is 5.60. The number of halogens is 1. The van der Waals surface area contributed by atoms with Crippen LogP contribution in [0.4, 0.5) is 0 Å². The van der Waals surface area contributed by atoms with Gasteiger partial charge in [0.1, 0.15) is 0 Å². The number of thiophene rings is 1. The number of likely N-dealkylation sites (tertiary alicyclic amines) is 1. The van der Waals surface area contributed by atoms with Crippen LogP contribution in [-0.4, -0.2) is 44.2 Å². The highest BCUT2D eigenvalue weighted by atomic mass is 127. The van der Waals surface area contributed by atoms with Gasteiger partial charge in [0.05, 0.1) is 13.2 Å². The van der Waals surface area contributed by atoms with Crippen molar-refractivity contribution < 1.29 is 4.74 Å². The van der Waals surface area contributed by atoms with Crippen LogP contribution < -0.4 is 5.32 Å². The summed E-state index contributed by atoms with van der Waals surface area (Å²) in [5, 5.41) is 3.52. The molecule has 1 unspecified atom stereocenters. The Labute approximate surface area is 154 Å². The number of hydrogen-bond acceptors (Lipinski definition) is 3. The smallest absolute Gasteiger partial charge is 0.193 e. The zero-order valence-electron chi connectivity index (χ0n) is 13.4. The minimum atomic E-state index is 0. The second-order valence-electron chi connectivity index (χ2n) is 6.10. The van der Waals surface area contributed by atoms with Gasteiger partial charge in [-0.05, 0) is 31.4 Å². The van der Waals surface area contributed by atoms with E-state index in [0.717, 1.165) is 45.2 Å². The molecule has 2 saturated heterocycles. The molecule has 0 aliphatic carbocycles.